The van der Waals surface area contributed by atoms with Gasteiger partial charge in [-0.1, -0.05) is 25.4 Å². The Labute approximate surface area is 127 Å². The molecule has 0 spiro atoms. The third kappa shape index (κ3) is 4.54. The van der Waals surface area contributed by atoms with E-state index in [1.165, 1.54) is 18.2 Å². The van der Waals surface area contributed by atoms with Gasteiger partial charge in [0.1, 0.15) is 11.3 Å². The van der Waals surface area contributed by atoms with Gasteiger partial charge in [0.2, 0.25) is 0 Å². The first-order valence-electron chi connectivity index (χ1n) is 6.56. The maximum atomic E-state index is 12.4. The van der Waals surface area contributed by atoms with Gasteiger partial charge >= 0.3 is 12.6 Å². The van der Waals surface area contributed by atoms with E-state index >= 15 is 0 Å². The fourth-order valence-corrected chi connectivity index (χ4v) is 2.23. The number of alkyl halides is 2. The van der Waals surface area contributed by atoms with Gasteiger partial charge in [0.05, 0.1) is 0 Å². The van der Waals surface area contributed by atoms with Crippen molar-refractivity contribution in [3.63, 3.8) is 0 Å². The van der Waals surface area contributed by atoms with Crippen LogP contribution in [-0.4, -0.2) is 23.2 Å². The molecule has 21 heavy (non-hydrogen) atoms. The van der Waals surface area contributed by atoms with E-state index in [1.807, 2.05) is 0 Å². The lowest BCUT2D eigenvalue weighted by atomic mass is 9.92. The number of nitrogens with one attached hydrogen (secondary N) is 1. The molecule has 1 rings (SSSR count). The van der Waals surface area contributed by atoms with E-state index in [0.29, 0.717) is 23.4 Å². The van der Waals surface area contributed by atoms with E-state index in [9.17, 15) is 18.7 Å². The summed E-state index contributed by atoms with van der Waals surface area (Å²) in [7, 11) is 0. The summed E-state index contributed by atoms with van der Waals surface area (Å²) in [6, 6.07) is 4.25. The molecule has 0 unspecified atom stereocenters. The second-order valence-electron chi connectivity index (χ2n) is 4.58. The van der Waals surface area contributed by atoms with Crippen LogP contribution in [0.1, 0.15) is 32.3 Å². The molecule has 0 bridgehead atoms. The van der Waals surface area contributed by atoms with Crippen molar-refractivity contribution in [3.8, 4) is 5.75 Å². The van der Waals surface area contributed by atoms with Gasteiger partial charge in [-0.15, -0.1) is 0 Å². The Morgan fingerprint density at radius 1 is 1.43 bits per heavy atom. The predicted octanol–water partition coefficient (Wildman–Crippen LogP) is 3.67. The summed E-state index contributed by atoms with van der Waals surface area (Å²) in [4.78, 5) is 11.4. The molecule has 7 heteroatoms. The summed E-state index contributed by atoms with van der Waals surface area (Å²) in [5, 5.41) is 12.6. The van der Waals surface area contributed by atoms with Crippen LogP contribution in [0.4, 0.5) is 8.78 Å². The number of ether oxygens (including phenoxy) is 1. The van der Waals surface area contributed by atoms with Crippen LogP contribution in [0.15, 0.2) is 18.2 Å². The van der Waals surface area contributed by atoms with Crippen LogP contribution in [0.25, 0.3) is 0 Å². The monoisotopic (exact) mass is 321 g/mol. The first-order chi connectivity index (χ1) is 9.84. The number of hydrogen-bond donors (Lipinski definition) is 2. The highest BCUT2D eigenvalue weighted by Gasteiger charge is 2.34. The molecule has 0 aliphatic heterocycles. The van der Waals surface area contributed by atoms with Crippen molar-refractivity contribution in [2.75, 3.05) is 0 Å². The second-order valence-corrected chi connectivity index (χ2v) is 5.01. The molecule has 0 radical (unpaired) electrons. The maximum absolute atomic E-state index is 12.4. The lowest BCUT2D eigenvalue weighted by Gasteiger charge is -2.28. The smallest absolute Gasteiger partial charge is 0.387 e. The predicted molar refractivity (Wildman–Crippen MR) is 75.9 cm³/mol. The van der Waals surface area contributed by atoms with Gasteiger partial charge in [0, 0.05) is 17.1 Å². The van der Waals surface area contributed by atoms with Crippen molar-refractivity contribution in [2.24, 2.45) is 0 Å². The van der Waals surface area contributed by atoms with Gasteiger partial charge in [-0.05, 0) is 31.0 Å². The molecule has 0 saturated heterocycles. The van der Waals surface area contributed by atoms with E-state index in [2.05, 4.69) is 10.1 Å². The van der Waals surface area contributed by atoms with Crippen molar-refractivity contribution < 1.29 is 23.4 Å². The number of carboxylic acid groups (broad SMARTS) is 1. The fourth-order valence-electron chi connectivity index (χ4n) is 2.04. The van der Waals surface area contributed by atoms with Gasteiger partial charge < -0.3 is 9.84 Å². The van der Waals surface area contributed by atoms with Crippen LogP contribution in [0.5, 0.6) is 5.75 Å². The molecule has 0 aliphatic rings. The minimum absolute atomic E-state index is 0.0200. The second kappa shape index (κ2) is 7.56. The summed E-state index contributed by atoms with van der Waals surface area (Å²) < 4.78 is 29.1. The summed E-state index contributed by atoms with van der Waals surface area (Å²) in [6.07, 6.45) is 0.731. The molecule has 0 heterocycles. The molecule has 0 atom stereocenters. The van der Waals surface area contributed by atoms with Gasteiger partial charge in [0.25, 0.3) is 0 Å². The fraction of sp³-hybridized carbons (Fsp3) is 0.500. The molecule has 0 fully saturated rings. The van der Waals surface area contributed by atoms with Crippen molar-refractivity contribution in [1.82, 2.24) is 5.32 Å². The molecule has 0 aromatic heterocycles. The van der Waals surface area contributed by atoms with Crippen molar-refractivity contribution in [3.05, 3.63) is 28.8 Å². The summed E-state index contributed by atoms with van der Waals surface area (Å²) in [6.45, 7) is 0.612. The third-order valence-electron chi connectivity index (χ3n) is 3.47. The number of carboxylic acids is 1. The lowest BCUT2D eigenvalue weighted by molar-refractivity contribution is -0.145. The third-order valence-corrected chi connectivity index (χ3v) is 3.71. The van der Waals surface area contributed by atoms with Gasteiger partial charge in [-0.2, -0.15) is 8.78 Å². The molecule has 1 aromatic carbocycles. The van der Waals surface area contributed by atoms with Crippen LogP contribution >= 0.6 is 11.6 Å². The standard InChI is InChI=1S/C14H18ClF2NO3/c1-3-14(4-2,12(19)20)18-8-9-7-10(15)5-6-11(9)21-13(16)17/h5-7,13,18H,3-4,8H2,1-2H3,(H,19,20). The number of hydrogen-bond acceptors (Lipinski definition) is 3. The van der Waals surface area contributed by atoms with E-state index in [-0.39, 0.29) is 12.3 Å². The SMILES string of the molecule is CCC(CC)(NCc1cc(Cl)ccc1OC(F)F)C(=O)O. The number of halogens is 3. The Kier molecular flexibility index (Phi) is 6.36. The van der Waals surface area contributed by atoms with Gasteiger partial charge in [-0.25, -0.2) is 0 Å². The lowest BCUT2D eigenvalue weighted by Crippen LogP contribution is -2.50. The summed E-state index contributed by atoms with van der Waals surface area (Å²) in [5.74, 6) is -1.00. The zero-order chi connectivity index (χ0) is 16.0. The highest BCUT2D eigenvalue weighted by Crippen LogP contribution is 2.26. The molecule has 0 amide bonds. The largest absolute Gasteiger partial charge is 0.480 e. The highest BCUT2D eigenvalue weighted by molar-refractivity contribution is 6.30. The minimum Gasteiger partial charge on any atom is -0.480 e. The Morgan fingerprint density at radius 2 is 2.05 bits per heavy atom. The first-order valence-corrected chi connectivity index (χ1v) is 6.94. The molecular formula is C14H18ClF2NO3. The van der Waals surface area contributed by atoms with Crippen molar-refractivity contribution in [2.45, 2.75) is 45.4 Å². The minimum atomic E-state index is -2.95. The molecule has 4 nitrogen and oxygen atoms in total. The Hall–Kier alpha value is -1.40. The van der Waals surface area contributed by atoms with Crippen molar-refractivity contribution >= 4 is 17.6 Å². The zero-order valence-corrected chi connectivity index (χ0v) is 12.6. The van der Waals surface area contributed by atoms with Crippen LogP contribution in [0.3, 0.4) is 0 Å². The Balaban J connectivity index is 2.96. The molecule has 1 aromatic rings. The topological polar surface area (TPSA) is 58.6 Å². The Bertz CT molecular complexity index is 493. The summed E-state index contributed by atoms with van der Waals surface area (Å²) >= 11 is 5.85. The van der Waals surface area contributed by atoms with E-state index < -0.39 is 18.1 Å². The average Bonchev–Trinajstić information content (AvgIpc) is 2.42. The normalized spacial score (nSPS) is 11.7. The molecule has 118 valence electrons. The van der Waals surface area contributed by atoms with Crippen molar-refractivity contribution in [1.29, 1.82) is 0 Å². The van der Waals surface area contributed by atoms with Crippen LogP contribution < -0.4 is 10.1 Å². The summed E-state index contributed by atoms with van der Waals surface area (Å²) in [5.41, 5.74) is -0.722. The maximum Gasteiger partial charge on any atom is 0.387 e. The van der Waals surface area contributed by atoms with Gasteiger partial charge in [-0.3, -0.25) is 10.1 Å². The number of aliphatic carboxylic acids is 1. The van der Waals surface area contributed by atoms with Crippen LogP contribution in [0.2, 0.25) is 5.02 Å². The zero-order valence-electron chi connectivity index (χ0n) is 11.8. The van der Waals surface area contributed by atoms with E-state index in [1.54, 1.807) is 13.8 Å². The highest BCUT2D eigenvalue weighted by atomic mass is 35.5. The quantitative estimate of drug-likeness (QED) is 0.767. The Morgan fingerprint density at radius 3 is 2.52 bits per heavy atom. The first kappa shape index (κ1) is 17.7. The van der Waals surface area contributed by atoms with E-state index in [4.69, 9.17) is 11.6 Å². The molecule has 0 saturated carbocycles. The molecule has 2 N–H and O–H groups in total. The van der Waals surface area contributed by atoms with Crippen LogP contribution in [-0.2, 0) is 11.3 Å². The average molecular weight is 322 g/mol. The molecule has 0 aliphatic carbocycles. The van der Waals surface area contributed by atoms with Crippen LogP contribution in [0, 0.1) is 0 Å². The molecular weight excluding hydrogens is 304 g/mol. The number of rotatable bonds is 8. The number of carbonyl (C=O) groups is 1. The van der Waals surface area contributed by atoms with Gasteiger partial charge in [0.15, 0.2) is 0 Å². The van der Waals surface area contributed by atoms with E-state index in [0.717, 1.165) is 0 Å². The number of benzene rings is 1.